The van der Waals surface area contributed by atoms with Crippen molar-refractivity contribution in [2.75, 3.05) is 0 Å². The van der Waals surface area contributed by atoms with Crippen LogP contribution in [0.2, 0.25) is 0 Å². The SMILES string of the molecule is C=C.NP(N)(N)=O. The van der Waals surface area contributed by atoms with Crippen molar-refractivity contribution < 1.29 is 4.57 Å². The molecule has 0 radical (unpaired) electrons. The van der Waals surface area contributed by atoms with Crippen LogP contribution in [0.3, 0.4) is 0 Å². The average Bonchev–Trinajstić information content (AvgIpc) is 1.36. The molecular weight excluding hydrogens is 113 g/mol. The fourth-order valence-corrected chi connectivity index (χ4v) is 0. The zero-order valence-electron chi connectivity index (χ0n) is 4.00. The Morgan fingerprint density at radius 3 is 1.14 bits per heavy atom. The Morgan fingerprint density at radius 1 is 1.14 bits per heavy atom. The second-order valence-electron chi connectivity index (χ2n) is 0.763. The fraction of sp³-hybridized carbons (Fsp3) is 0. The smallest absolute Gasteiger partial charge is 0.271 e. The van der Waals surface area contributed by atoms with Gasteiger partial charge in [0.1, 0.15) is 0 Å². The van der Waals surface area contributed by atoms with E-state index in [4.69, 9.17) is 0 Å². The standard InChI is InChI=1S/C2H4.H6N3OP/c1-2;1-5(2,3)4/h1-2H2;(H6,1,2,3,4). The van der Waals surface area contributed by atoms with Crippen molar-refractivity contribution in [3.8, 4) is 0 Å². The normalized spacial score (nSPS) is 9.00. The second-order valence-corrected chi connectivity index (χ2v) is 2.29. The zero-order valence-corrected chi connectivity index (χ0v) is 4.90. The van der Waals surface area contributed by atoms with Gasteiger partial charge in [0.2, 0.25) is 0 Å². The molecule has 5 heteroatoms. The third kappa shape index (κ3) is 3850. The summed E-state index contributed by atoms with van der Waals surface area (Å²) >= 11 is 0. The molecule has 0 aromatic carbocycles. The topological polar surface area (TPSA) is 95.1 Å². The summed E-state index contributed by atoms with van der Waals surface area (Å²) < 4.78 is 9.55. The lowest BCUT2D eigenvalue weighted by atomic mass is 11.3. The first-order valence-electron chi connectivity index (χ1n) is 1.46. The van der Waals surface area contributed by atoms with Crippen LogP contribution < -0.4 is 16.5 Å². The summed E-state index contributed by atoms with van der Waals surface area (Å²) in [6.45, 7) is 6.00. The van der Waals surface area contributed by atoms with Gasteiger partial charge >= 0.3 is 0 Å². The molecule has 44 valence electrons. The van der Waals surface area contributed by atoms with Gasteiger partial charge in [0, 0.05) is 0 Å². The summed E-state index contributed by atoms with van der Waals surface area (Å²) in [5.41, 5.74) is 13.4. The molecule has 0 saturated heterocycles. The molecule has 6 N–H and O–H groups in total. The van der Waals surface area contributed by atoms with Crippen LogP contribution in [-0.2, 0) is 4.57 Å². The zero-order chi connectivity index (χ0) is 6.50. The van der Waals surface area contributed by atoms with Gasteiger partial charge in [0.25, 0.3) is 7.59 Å². The third-order valence-electron chi connectivity index (χ3n) is 0. The lowest BCUT2D eigenvalue weighted by Crippen LogP contribution is -2.12. The summed E-state index contributed by atoms with van der Waals surface area (Å²) in [5.74, 6) is 0. The number of nitrogens with two attached hydrogens (primary N) is 3. The van der Waals surface area contributed by atoms with Gasteiger partial charge in [-0.1, -0.05) is 0 Å². The van der Waals surface area contributed by atoms with E-state index in [1.54, 1.807) is 0 Å². The Labute approximate surface area is 42.9 Å². The molecule has 0 atom stereocenters. The molecule has 0 aliphatic rings. The Hall–Kier alpha value is -0.150. The first-order valence-corrected chi connectivity index (χ1v) is 3.37. The average molecular weight is 123 g/mol. The lowest BCUT2D eigenvalue weighted by molar-refractivity contribution is 0.577. The highest BCUT2D eigenvalue weighted by Crippen LogP contribution is 2.06. The van der Waals surface area contributed by atoms with Gasteiger partial charge in [-0.3, -0.25) is 21.1 Å². The molecule has 0 heterocycles. The van der Waals surface area contributed by atoms with E-state index in [1.165, 1.54) is 0 Å². The molecule has 0 unspecified atom stereocenters. The number of hydrogen-bond donors (Lipinski definition) is 3. The quantitative estimate of drug-likeness (QED) is 0.306. The van der Waals surface area contributed by atoms with E-state index >= 15 is 0 Å². The van der Waals surface area contributed by atoms with Crippen LogP contribution in [0.1, 0.15) is 0 Å². The van der Waals surface area contributed by atoms with Crippen molar-refractivity contribution in [3.05, 3.63) is 13.2 Å². The van der Waals surface area contributed by atoms with E-state index in [0.717, 1.165) is 0 Å². The highest BCUT2D eigenvalue weighted by atomic mass is 31.2. The maximum Gasteiger partial charge on any atom is 0.271 e. The van der Waals surface area contributed by atoms with E-state index in [1.807, 2.05) is 0 Å². The maximum atomic E-state index is 9.55. The number of hydrogen-bond acceptors (Lipinski definition) is 1. The summed E-state index contributed by atoms with van der Waals surface area (Å²) in [6.07, 6.45) is 0. The number of rotatable bonds is 0. The van der Waals surface area contributed by atoms with E-state index in [9.17, 15) is 4.57 Å². The van der Waals surface area contributed by atoms with Crippen LogP contribution in [0.25, 0.3) is 0 Å². The highest BCUT2D eigenvalue weighted by Gasteiger charge is 1.90. The lowest BCUT2D eigenvalue weighted by Gasteiger charge is -1.88. The summed E-state index contributed by atoms with van der Waals surface area (Å²) in [4.78, 5) is 0. The molecule has 4 nitrogen and oxygen atoms in total. The van der Waals surface area contributed by atoms with Gasteiger partial charge in [-0.2, -0.15) is 0 Å². The molecule has 0 aromatic heterocycles. The van der Waals surface area contributed by atoms with Crippen LogP contribution in [0.5, 0.6) is 0 Å². The Morgan fingerprint density at radius 2 is 1.14 bits per heavy atom. The third-order valence-corrected chi connectivity index (χ3v) is 0. The van der Waals surface area contributed by atoms with Crippen molar-refractivity contribution in [2.24, 2.45) is 16.5 Å². The Bertz CT molecular complexity index is 68.7. The molecule has 0 fully saturated rings. The highest BCUT2D eigenvalue weighted by molar-refractivity contribution is 7.56. The maximum absolute atomic E-state index is 9.55. The van der Waals surface area contributed by atoms with Gasteiger partial charge in [-0.15, -0.1) is 13.2 Å². The molecule has 0 spiro atoms. The van der Waals surface area contributed by atoms with E-state index in [2.05, 4.69) is 29.7 Å². The molecule has 0 aromatic rings. The van der Waals surface area contributed by atoms with Crippen LogP contribution in [0.4, 0.5) is 0 Å². The van der Waals surface area contributed by atoms with Crippen LogP contribution in [0, 0.1) is 0 Å². The van der Waals surface area contributed by atoms with Crippen molar-refractivity contribution >= 4 is 7.59 Å². The van der Waals surface area contributed by atoms with Gasteiger partial charge < -0.3 is 0 Å². The molecule has 0 aliphatic carbocycles. The minimum atomic E-state index is -3.14. The Kier molecular flexibility index (Phi) is 5.72. The van der Waals surface area contributed by atoms with Crippen LogP contribution >= 0.6 is 7.59 Å². The molecule has 0 amide bonds. The van der Waals surface area contributed by atoms with E-state index in [0.29, 0.717) is 0 Å². The van der Waals surface area contributed by atoms with E-state index in [-0.39, 0.29) is 0 Å². The van der Waals surface area contributed by atoms with Gasteiger partial charge in [-0.25, -0.2) is 0 Å². The largest absolute Gasteiger partial charge is 0.272 e. The van der Waals surface area contributed by atoms with Gasteiger partial charge in [-0.05, 0) is 0 Å². The van der Waals surface area contributed by atoms with Crippen molar-refractivity contribution in [1.82, 2.24) is 0 Å². The Balaban J connectivity index is 0. The van der Waals surface area contributed by atoms with E-state index < -0.39 is 7.59 Å². The summed E-state index contributed by atoms with van der Waals surface area (Å²) in [5, 5.41) is 0. The minimum Gasteiger partial charge on any atom is -0.272 e. The van der Waals surface area contributed by atoms with Crippen molar-refractivity contribution in [2.45, 2.75) is 0 Å². The predicted molar refractivity (Wildman–Crippen MR) is 31.4 cm³/mol. The first kappa shape index (κ1) is 9.97. The molecule has 0 saturated carbocycles. The molecule has 7 heavy (non-hydrogen) atoms. The van der Waals surface area contributed by atoms with Gasteiger partial charge in [0.05, 0.1) is 0 Å². The monoisotopic (exact) mass is 123 g/mol. The molecule has 0 rings (SSSR count). The summed E-state index contributed by atoms with van der Waals surface area (Å²) in [6, 6.07) is 0. The second kappa shape index (κ2) is 4.02. The predicted octanol–water partition coefficient (Wildman–Crippen LogP) is -0.227. The molecule has 0 aliphatic heterocycles. The first-order chi connectivity index (χ1) is 3.00. The van der Waals surface area contributed by atoms with Crippen molar-refractivity contribution in [1.29, 1.82) is 0 Å². The minimum absolute atomic E-state index is 3.00. The molecular formula is C2H10N3OP. The fourth-order valence-electron chi connectivity index (χ4n) is 0. The van der Waals surface area contributed by atoms with Crippen molar-refractivity contribution in [3.63, 3.8) is 0 Å². The van der Waals surface area contributed by atoms with Gasteiger partial charge in [0.15, 0.2) is 0 Å². The van der Waals surface area contributed by atoms with Crippen LogP contribution in [0.15, 0.2) is 13.2 Å². The summed E-state index contributed by atoms with van der Waals surface area (Å²) in [7, 11) is -3.14. The molecule has 0 bridgehead atoms. The van der Waals surface area contributed by atoms with Crippen LogP contribution in [-0.4, -0.2) is 0 Å².